The lowest BCUT2D eigenvalue weighted by atomic mass is 9.94. The molecule has 0 aromatic rings. The number of hydrogen-bond acceptors (Lipinski definition) is 11. The van der Waals surface area contributed by atoms with Crippen molar-refractivity contribution in [3.63, 3.8) is 0 Å². The summed E-state index contributed by atoms with van der Waals surface area (Å²) in [4.78, 5) is 58.6. The molecule has 0 radical (unpaired) electrons. The van der Waals surface area contributed by atoms with E-state index < -0.39 is 18.1 Å². The van der Waals surface area contributed by atoms with Crippen LogP contribution >= 0.6 is 0 Å². The molecule has 0 heterocycles. The van der Waals surface area contributed by atoms with E-state index in [0.717, 1.165) is 6.42 Å². The molecule has 0 bridgehead atoms. The van der Waals surface area contributed by atoms with Gasteiger partial charge in [-0.15, -0.1) is 0 Å². The standard InChI is InChI=1S/C29H54N4O10/c1-4-23(25(36)19-33-28(22(3)34)29(30)39)9-6-7-11-31-26(37)20-43-18-16-41-14-12-32-27(38)21-42-17-15-40-13-8-10-24(35)5-2/h22-23,28,33-34H,4-21H2,1-3H3,(H2,30,39)(H,31,37)(H,32,38)/t22-,23+,28+/m1/s1. The lowest BCUT2D eigenvalue weighted by Gasteiger charge is -2.20. The monoisotopic (exact) mass is 618 g/mol. The molecule has 0 aliphatic rings. The molecule has 6 N–H and O–H groups in total. The molecule has 250 valence electrons. The first-order valence-electron chi connectivity index (χ1n) is 15.2. The number of nitrogens with one attached hydrogen (secondary N) is 3. The molecule has 0 aromatic heterocycles. The summed E-state index contributed by atoms with van der Waals surface area (Å²) in [6.45, 7) is 7.72. The average molecular weight is 619 g/mol. The van der Waals surface area contributed by atoms with Crippen molar-refractivity contribution in [2.75, 3.05) is 72.5 Å². The first kappa shape index (κ1) is 40.5. The summed E-state index contributed by atoms with van der Waals surface area (Å²) in [6, 6.07) is -0.970. The number of nitrogens with two attached hydrogens (primary N) is 1. The fourth-order valence-corrected chi connectivity index (χ4v) is 3.88. The Hall–Kier alpha value is -2.49. The van der Waals surface area contributed by atoms with Crippen LogP contribution in [0.15, 0.2) is 0 Å². The third-order valence-corrected chi connectivity index (χ3v) is 6.45. The largest absolute Gasteiger partial charge is 0.391 e. The van der Waals surface area contributed by atoms with Gasteiger partial charge in [0.25, 0.3) is 0 Å². The first-order valence-corrected chi connectivity index (χ1v) is 15.2. The highest BCUT2D eigenvalue weighted by molar-refractivity contribution is 5.85. The van der Waals surface area contributed by atoms with Gasteiger partial charge in [-0.05, 0) is 32.6 Å². The van der Waals surface area contributed by atoms with E-state index in [4.69, 9.17) is 24.7 Å². The second kappa shape index (κ2) is 27.1. The Labute approximate surface area is 255 Å². The van der Waals surface area contributed by atoms with Gasteiger partial charge in [0.05, 0.1) is 45.7 Å². The number of ketones is 2. The second-order valence-corrected chi connectivity index (χ2v) is 10.1. The molecule has 0 saturated carbocycles. The molecule has 14 nitrogen and oxygen atoms in total. The molecule has 14 heteroatoms. The van der Waals surface area contributed by atoms with Crippen LogP contribution in [0.25, 0.3) is 0 Å². The van der Waals surface area contributed by atoms with E-state index in [9.17, 15) is 29.1 Å². The Morgan fingerprint density at radius 1 is 0.767 bits per heavy atom. The molecule has 3 atom stereocenters. The highest BCUT2D eigenvalue weighted by Crippen LogP contribution is 2.13. The van der Waals surface area contributed by atoms with Gasteiger partial charge in [-0.1, -0.05) is 20.3 Å². The van der Waals surface area contributed by atoms with Crippen LogP contribution in [0, 0.1) is 5.92 Å². The van der Waals surface area contributed by atoms with Crippen LogP contribution in [-0.4, -0.2) is 119 Å². The van der Waals surface area contributed by atoms with Crippen LogP contribution < -0.4 is 21.7 Å². The number of amides is 3. The highest BCUT2D eigenvalue weighted by Gasteiger charge is 2.23. The number of aliphatic hydroxyl groups excluding tert-OH is 1. The van der Waals surface area contributed by atoms with E-state index >= 15 is 0 Å². The predicted octanol–water partition coefficient (Wildman–Crippen LogP) is -0.366. The van der Waals surface area contributed by atoms with Gasteiger partial charge in [0, 0.05) is 38.5 Å². The Bertz CT molecular complexity index is 797. The number of rotatable bonds is 30. The van der Waals surface area contributed by atoms with E-state index in [2.05, 4.69) is 16.0 Å². The number of ether oxygens (including phenoxy) is 4. The van der Waals surface area contributed by atoms with Crippen molar-refractivity contribution >= 4 is 29.3 Å². The van der Waals surface area contributed by atoms with Crippen molar-refractivity contribution in [1.29, 1.82) is 0 Å². The zero-order valence-electron chi connectivity index (χ0n) is 26.2. The minimum Gasteiger partial charge on any atom is -0.391 e. The maximum absolute atomic E-state index is 12.4. The highest BCUT2D eigenvalue weighted by atomic mass is 16.5. The summed E-state index contributed by atoms with van der Waals surface area (Å²) in [5.41, 5.74) is 5.23. The third-order valence-electron chi connectivity index (χ3n) is 6.45. The summed E-state index contributed by atoms with van der Waals surface area (Å²) < 4.78 is 21.2. The number of hydrogen-bond donors (Lipinski definition) is 5. The van der Waals surface area contributed by atoms with Gasteiger partial charge in [-0.3, -0.25) is 29.3 Å². The van der Waals surface area contributed by atoms with Gasteiger partial charge in [0.15, 0.2) is 0 Å². The third kappa shape index (κ3) is 23.6. The Morgan fingerprint density at radius 2 is 1.35 bits per heavy atom. The Balaban J connectivity index is 3.65. The van der Waals surface area contributed by atoms with E-state index in [-0.39, 0.29) is 62.3 Å². The normalized spacial score (nSPS) is 13.2. The topological polar surface area (TPSA) is 205 Å². The van der Waals surface area contributed by atoms with Gasteiger partial charge in [0.1, 0.15) is 30.8 Å². The van der Waals surface area contributed by atoms with Crippen LogP contribution in [0.1, 0.15) is 65.7 Å². The number of carbonyl (C=O) groups is 5. The minimum atomic E-state index is -0.991. The zero-order valence-corrected chi connectivity index (χ0v) is 26.2. The van der Waals surface area contributed by atoms with Crippen molar-refractivity contribution in [3.8, 4) is 0 Å². The van der Waals surface area contributed by atoms with Gasteiger partial charge in [0.2, 0.25) is 17.7 Å². The van der Waals surface area contributed by atoms with E-state index in [1.807, 2.05) is 13.8 Å². The van der Waals surface area contributed by atoms with Gasteiger partial charge >= 0.3 is 0 Å². The van der Waals surface area contributed by atoms with Crippen LogP contribution in [0.3, 0.4) is 0 Å². The second-order valence-electron chi connectivity index (χ2n) is 10.1. The molecule has 0 aliphatic carbocycles. The summed E-state index contributed by atoms with van der Waals surface area (Å²) in [7, 11) is 0. The summed E-state index contributed by atoms with van der Waals surface area (Å²) >= 11 is 0. The molecule has 43 heavy (non-hydrogen) atoms. The van der Waals surface area contributed by atoms with E-state index in [1.54, 1.807) is 0 Å². The smallest absolute Gasteiger partial charge is 0.246 e. The lowest BCUT2D eigenvalue weighted by Crippen LogP contribution is -2.50. The van der Waals surface area contributed by atoms with Crippen molar-refractivity contribution < 1.29 is 48.0 Å². The number of carbonyl (C=O) groups excluding carboxylic acids is 5. The molecular formula is C29H54N4O10. The fourth-order valence-electron chi connectivity index (χ4n) is 3.88. The molecule has 0 rings (SSSR count). The number of unbranched alkanes of at least 4 members (excludes halogenated alkanes) is 1. The van der Waals surface area contributed by atoms with Crippen molar-refractivity contribution in [2.45, 2.75) is 77.9 Å². The van der Waals surface area contributed by atoms with E-state index in [1.165, 1.54) is 6.92 Å². The van der Waals surface area contributed by atoms with Crippen LogP contribution in [0.5, 0.6) is 0 Å². The lowest BCUT2D eigenvalue weighted by molar-refractivity contribution is -0.127. The number of primary amides is 1. The number of aliphatic hydroxyl groups is 1. The van der Waals surface area contributed by atoms with Crippen LogP contribution in [0.4, 0.5) is 0 Å². The van der Waals surface area contributed by atoms with Crippen molar-refractivity contribution in [1.82, 2.24) is 16.0 Å². The summed E-state index contributed by atoms with van der Waals surface area (Å²) in [6.07, 6.45) is 3.52. The van der Waals surface area contributed by atoms with Gasteiger partial charge < -0.3 is 40.4 Å². The quantitative estimate of drug-likeness (QED) is 0.0657. The van der Waals surface area contributed by atoms with Crippen molar-refractivity contribution in [3.05, 3.63) is 0 Å². The zero-order chi connectivity index (χ0) is 32.3. The van der Waals surface area contributed by atoms with E-state index in [0.29, 0.717) is 78.0 Å². The van der Waals surface area contributed by atoms with Gasteiger partial charge in [-0.25, -0.2) is 0 Å². The minimum absolute atomic E-state index is 0.0410. The average Bonchev–Trinajstić information content (AvgIpc) is 2.96. The molecule has 0 fully saturated rings. The van der Waals surface area contributed by atoms with Gasteiger partial charge in [-0.2, -0.15) is 0 Å². The SMILES string of the molecule is CCC(=O)CCCOCCOCC(=O)NCCOCCOCC(=O)NCCCC[C@H](CC)C(=O)CN[C@H](C(N)=O)[C@@H](C)O. The van der Waals surface area contributed by atoms with Crippen LogP contribution in [-0.2, 0) is 42.9 Å². The molecule has 0 saturated heterocycles. The predicted molar refractivity (Wildman–Crippen MR) is 159 cm³/mol. The first-order chi connectivity index (χ1) is 20.6. The van der Waals surface area contributed by atoms with Crippen molar-refractivity contribution in [2.24, 2.45) is 11.7 Å². The summed E-state index contributed by atoms with van der Waals surface area (Å²) in [5.74, 6) is -1.22. The Morgan fingerprint density at radius 3 is 1.91 bits per heavy atom. The number of Topliss-reactive ketones (excluding diaryl/α,β-unsaturated/α-hetero) is 2. The molecule has 0 spiro atoms. The fraction of sp³-hybridized carbons (Fsp3) is 0.828. The maximum Gasteiger partial charge on any atom is 0.246 e. The maximum atomic E-state index is 12.4. The molecule has 0 aromatic carbocycles. The molecule has 0 aliphatic heterocycles. The summed E-state index contributed by atoms with van der Waals surface area (Å²) in [5, 5.41) is 17.7. The van der Waals surface area contributed by atoms with Crippen LogP contribution in [0.2, 0.25) is 0 Å². The Kier molecular flexibility index (Phi) is 25.5. The molecular weight excluding hydrogens is 564 g/mol. The molecule has 3 amide bonds. The molecule has 0 unspecified atom stereocenters.